The summed E-state index contributed by atoms with van der Waals surface area (Å²) in [5, 5.41) is 8.12. The first-order valence-electron chi connectivity index (χ1n) is 10.4. The number of allylic oxidation sites excluding steroid dienone is 1. The molecular weight excluding hydrogens is 384 g/mol. The van der Waals surface area contributed by atoms with Crippen LogP contribution in [-0.2, 0) is 6.54 Å². The number of amidine groups is 1. The molecule has 0 amide bonds. The van der Waals surface area contributed by atoms with E-state index < -0.39 is 0 Å². The molecule has 6 nitrogen and oxygen atoms in total. The molecule has 0 aliphatic carbocycles. The van der Waals surface area contributed by atoms with E-state index in [0.29, 0.717) is 19.8 Å². The van der Waals surface area contributed by atoms with Crippen LogP contribution >= 0.6 is 0 Å². The van der Waals surface area contributed by atoms with Gasteiger partial charge in [-0.25, -0.2) is 0 Å². The van der Waals surface area contributed by atoms with Gasteiger partial charge in [-0.2, -0.15) is 5.10 Å². The zero-order valence-corrected chi connectivity index (χ0v) is 18.4. The highest BCUT2D eigenvalue weighted by atomic mass is 15.3. The molecule has 1 aliphatic heterocycles. The van der Waals surface area contributed by atoms with Crippen molar-refractivity contribution in [2.24, 2.45) is 4.99 Å². The number of aliphatic imine (C=N–C) groups is 1. The van der Waals surface area contributed by atoms with Gasteiger partial charge in [0, 0.05) is 17.1 Å². The molecule has 0 fully saturated rings. The molecule has 1 aromatic carbocycles. The molecule has 158 valence electrons. The topological polar surface area (TPSA) is 58.3 Å². The van der Waals surface area contributed by atoms with Gasteiger partial charge in [0.1, 0.15) is 12.4 Å². The van der Waals surface area contributed by atoms with Crippen molar-refractivity contribution in [3.63, 3.8) is 0 Å². The van der Waals surface area contributed by atoms with E-state index in [2.05, 4.69) is 59.6 Å². The lowest BCUT2D eigenvalue weighted by molar-refractivity contribution is 0.362. The molecule has 31 heavy (non-hydrogen) atoms. The minimum atomic E-state index is 0.546. The number of aromatic nitrogens is 3. The predicted molar refractivity (Wildman–Crippen MR) is 126 cm³/mol. The van der Waals surface area contributed by atoms with Crippen LogP contribution in [-0.4, -0.2) is 38.7 Å². The fourth-order valence-corrected chi connectivity index (χ4v) is 3.57. The van der Waals surface area contributed by atoms with Crippen molar-refractivity contribution in [1.82, 2.24) is 25.0 Å². The summed E-state index contributed by atoms with van der Waals surface area (Å²) in [5.74, 6) is 0.868. The van der Waals surface area contributed by atoms with Crippen LogP contribution in [0.1, 0.15) is 18.2 Å². The maximum Gasteiger partial charge on any atom is 0.112 e. The summed E-state index contributed by atoms with van der Waals surface area (Å²) in [7, 11) is 0. The highest BCUT2D eigenvalue weighted by Gasteiger charge is 2.17. The molecule has 0 atom stereocenters. The van der Waals surface area contributed by atoms with Gasteiger partial charge in [0.05, 0.1) is 30.3 Å². The van der Waals surface area contributed by atoms with E-state index in [9.17, 15) is 0 Å². The maximum atomic E-state index is 4.91. The molecule has 1 N–H and O–H groups in total. The van der Waals surface area contributed by atoms with Gasteiger partial charge in [0.2, 0.25) is 0 Å². The molecule has 0 spiro atoms. The van der Waals surface area contributed by atoms with Gasteiger partial charge in [-0.1, -0.05) is 49.6 Å². The number of benzene rings is 1. The average molecular weight is 413 g/mol. The van der Waals surface area contributed by atoms with Crippen molar-refractivity contribution in [2.75, 3.05) is 13.2 Å². The lowest BCUT2D eigenvalue weighted by Crippen LogP contribution is -2.28. The molecule has 1 aliphatic rings. The fraction of sp³-hybridized carbons (Fsp3) is 0.240. The van der Waals surface area contributed by atoms with Crippen LogP contribution in [0.5, 0.6) is 0 Å². The van der Waals surface area contributed by atoms with Gasteiger partial charge in [0.15, 0.2) is 0 Å². The van der Waals surface area contributed by atoms with E-state index in [1.165, 1.54) is 5.56 Å². The first-order valence-corrected chi connectivity index (χ1v) is 10.4. The molecule has 3 heterocycles. The summed E-state index contributed by atoms with van der Waals surface area (Å²) in [6.45, 7) is 16.2. The Balaban J connectivity index is 1.68. The Labute approximate surface area is 183 Å². The molecule has 4 rings (SSSR count). The van der Waals surface area contributed by atoms with Crippen molar-refractivity contribution in [3.8, 4) is 22.6 Å². The largest absolute Gasteiger partial charge is 0.349 e. The van der Waals surface area contributed by atoms with Crippen molar-refractivity contribution < 1.29 is 0 Å². The van der Waals surface area contributed by atoms with Gasteiger partial charge in [0.25, 0.3) is 0 Å². The van der Waals surface area contributed by atoms with E-state index in [1.54, 1.807) is 0 Å². The minimum Gasteiger partial charge on any atom is -0.349 e. The summed E-state index contributed by atoms with van der Waals surface area (Å²) in [6, 6.07) is 16.5. The lowest BCUT2D eigenvalue weighted by atomic mass is 10.1. The Kier molecular flexibility index (Phi) is 5.71. The summed E-state index contributed by atoms with van der Waals surface area (Å²) in [6.07, 6.45) is 0. The highest BCUT2D eigenvalue weighted by Crippen LogP contribution is 2.27. The van der Waals surface area contributed by atoms with E-state index in [4.69, 9.17) is 10.1 Å². The number of aryl methyl sites for hydroxylation is 2. The third-order valence-electron chi connectivity index (χ3n) is 5.46. The number of hydrogen-bond acceptors (Lipinski definition) is 5. The van der Waals surface area contributed by atoms with Gasteiger partial charge in [-0.05, 0) is 44.0 Å². The average Bonchev–Trinajstić information content (AvgIpc) is 3.08. The first kappa shape index (κ1) is 20.6. The van der Waals surface area contributed by atoms with Crippen molar-refractivity contribution in [1.29, 1.82) is 0 Å². The quantitative estimate of drug-likeness (QED) is 0.669. The van der Waals surface area contributed by atoms with E-state index >= 15 is 0 Å². The molecular formula is C25H28N6. The zero-order valence-electron chi connectivity index (χ0n) is 18.4. The fourth-order valence-electron chi connectivity index (χ4n) is 3.57. The van der Waals surface area contributed by atoms with E-state index in [-0.39, 0.29) is 0 Å². The Morgan fingerprint density at radius 3 is 2.58 bits per heavy atom. The number of hydrogen-bond donors (Lipinski definition) is 1. The number of rotatable bonds is 5. The second-order valence-corrected chi connectivity index (χ2v) is 7.91. The Morgan fingerprint density at radius 2 is 1.84 bits per heavy atom. The van der Waals surface area contributed by atoms with Crippen LogP contribution in [0, 0.1) is 13.8 Å². The monoisotopic (exact) mass is 412 g/mol. The third kappa shape index (κ3) is 4.58. The van der Waals surface area contributed by atoms with Gasteiger partial charge in [-0.15, -0.1) is 0 Å². The van der Waals surface area contributed by atoms with Crippen molar-refractivity contribution in [2.45, 2.75) is 27.3 Å². The van der Waals surface area contributed by atoms with E-state index in [1.807, 2.05) is 42.8 Å². The van der Waals surface area contributed by atoms with Gasteiger partial charge >= 0.3 is 0 Å². The Morgan fingerprint density at radius 1 is 1.06 bits per heavy atom. The molecule has 0 saturated heterocycles. The van der Waals surface area contributed by atoms with Crippen molar-refractivity contribution >= 4 is 5.84 Å². The SMILES string of the molecule is C=C1CN(C(=C)Cn2nc(-c3ccc(C)c(C)n3)cc2-c2ccccc2)CN=C(C)N1. The molecule has 3 aromatic rings. The second-order valence-electron chi connectivity index (χ2n) is 7.91. The second kappa shape index (κ2) is 8.60. The smallest absolute Gasteiger partial charge is 0.112 e. The normalized spacial score (nSPS) is 14.1. The molecule has 2 aromatic heterocycles. The predicted octanol–water partition coefficient (Wildman–Crippen LogP) is 4.54. The van der Waals surface area contributed by atoms with Crippen LogP contribution < -0.4 is 5.32 Å². The highest BCUT2D eigenvalue weighted by molar-refractivity contribution is 5.81. The van der Waals surface area contributed by atoms with Crippen LogP contribution in [0.3, 0.4) is 0 Å². The molecule has 0 bridgehead atoms. The lowest BCUT2D eigenvalue weighted by Gasteiger charge is -2.24. The van der Waals surface area contributed by atoms with Gasteiger partial charge in [-0.3, -0.25) is 14.7 Å². The van der Waals surface area contributed by atoms with Crippen LogP contribution in [0.25, 0.3) is 22.6 Å². The van der Waals surface area contributed by atoms with Crippen LogP contribution in [0.4, 0.5) is 0 Å². The molecule has 0 saturated carbocycles. The molecule has 0 radical (unpaired) electrons. The Hall–Kier alpha value is -3.67. The van der Waals surface area contributed by atoms with Gasteiger partial charge < -0.3 is 10.2 Å². The van der Waals surface area contributed by atoms with Crippen LogP contribution in [0.2, 0.25) is 0 Å². The first-order chi connectivity index (χ1) is 14.9. The summed E-state index contributed by atoms with van der Waals surface area (Å²) in [4.78, 5) is 11.4. The minimum absolute atomic E-state index is 0.546. The summed E-state index contributed by atoms with van der Waals surface area (Å²) >= 11 is 0. The zero-order chi connectivity index (χ0) is 22.0. The summed E-state index contributed by atoms with van der Waals surface area (Å²) < 4.78 is 2.00. The maximum absolute atomic E-state index is 4.91. The molecule has 0 unspecified atom stereocenters. The molecule has 6 heteroatoms. The number of nitrogens with one attached hydrogen (secondary N) is 1. The Bertz CT molecular complexity index is 1160. The third-order valence-corrected chi connectivity index (χ3v) is 5.46. The van der Waals surface area contributed by atoms with Crippen LogP contribution in [0.15, 0.2) is 78.1 Å². The van der Waals surface area contributed by atoms with Crippen molar-refractivity contribution in [3.05, 3.63) is 84.3 Å². The number of pyridine rings is 1. The number of nitrogens with zero attached hydrogens (tertiary/aromatic N) is 5. The standard InChI is InChI=1S/C25H28N6/c1-17-11-12-23(28-20(17)4)24-13-25(22-9-7-6-8-10-22)31(29-24)15-19(3)30-14-18(2)27-21(5)26-16-30/h6-13H,2-3,14-16H2,1,4-5H3,(H,26,27). The van der Waals surface area contributed by atoms with E-state index in [0.717, 1.165) is 45.6 Å². The summed E-state index contributed by atoms with van der Waals surface area (Å²) in [5.41, 5.74) is 7.89.